The van der Waals surface area contributed by atoms with E-state index in [4.69, 9.17) is 4.98 Å². The van der Waals surface area contributed by atoms with Crippen LogP contribution in [0, 0.1) is 5.41 Å². The molecule has 3 heterocycles. The van der Waals surface area contributed by atoms with Gasteiger partial charge in [0.1, 0.15) is 5.82 Å². The lowest BCUT2D eigenvalue weighted by atomic mass is 9.75. The summed E-state index contributed by atoms with van der Waals surface area (Å²) in [5.41, 5.74) is 1.57. The molecule has 8 heteroatoms. The Balaban J connectivity index is 1.81. The van der Waals surface area contributed by atoms with Gasteiger partial charge in [0.05, 0.1) is 17.3 Å². The van der Waals surface area contributed by atoms with E-state index in [-0.39, 0.29) is 0 Å². The normalized spacial score (nSPS) is 14.8. The van der Waals surface area contributed by atoms with Gasteiger partial charge < -0.3 is 15.3 Å². The Morgan fingerprint density at radius 2 is 2.00 bits per heavy atom. The lowest BCUT2D eigenvalue weighted by Crippen LogP contribution is -2.31. The zero-order chi connectivity index (χ0) is 23.8. The molecule has 1 aliphatic heterocycles. The third kappa shape index (κ3) is 5.50. The van der Waals surface area contributed by atoms with Crippen LogP contribution < -0.4 is 10.2 Å². The largest absolute Gasteiger partial charge is 0.481 e. The number of aliphatic carboxylic acids is 1. The van der Waals surface area contributed by atoms with Crippen molar-refractivity contribution in [3.05, 3.63) is 54.9 Å². The van der Waals surface area contributed by atoms with Gasteiger partial charge in [-0.1, -0.05) is 44.7 Å². The summed E-state index contributed by atoms with van der Waals surface area (Å²) in [5.74, 6) is 0.621. The van der Waals surface area contributed by atoms with Gasteiger partial charge >= 0.3 is 5.97 Å². The van der Waals surface area contributed by atoms with E-state index >= 15 is 0 Å². The minimum atomic E-state index is -0.926. The molecule has 0 aliphatic carbocycles. The van der Waals surface area contributed by atoms with E-state index in [2.05, 4.69) is 26.9 Å². The molecule has 0 bridgehead atoms. The lowest BCUT2D eigenvalue weighted by molar-refractivity contribution is -0.146. The average Bonchev–Trinajstić information content (AvgIpc) is 3.49. The van der Waals surface area contributed by atoms with Crippen LogP contribution in [0.5, 0.6) is 0 Å². The van der Waals surface area contributed by atoms with Gasteiger partial charge in [-0.05, 0) is 31.3 Å². The number of carbonyl (C=O) groups is 1. The molecular formula is C25H34N6O2. The average molecular weight is 451 g/mol. The summed E-state index contributed by atoms with van der Waals surface area (Å²) in [7, 11) is 1.88. The van der Waals surface area contributed by atoms with Crippen molar-refractivity contribution in [2.45, 2.75) is 39.5 Å². The predicted octanol–water partition coefficient (Wildman–Crippen LogP) is 4.45. The first kappa shape index (κ1) is 24.2. The van der Waals surface area contributed by atoms with Crippen LogP contribution in [0.25, 0.3) is 11.3 Å². The molecule has 8 nitrogen and oxygen atoms in total. The SMILES string of the molecule is C=CC=C(C=CCNc1nc(-c2cnn(C)c2)cc(N2CCCC2)n1)C(CC)(CC)C(=O)O. The van der Waals surface area contributed by atoms with Crippen molar-refractivity contribution >= 4 is 17.7 Å². The van der Waals surface area contributed by atoms with Crippen LogP contribution in [0.1, 0.15) is 39.5 Å². The predicted molar refractivity (Wildman–Crippen MR) is 132 cm³/mol. The lowest BCUT2D eigenvalue weighted by Gasteiger charge is -2.28. The number of nitrogens with zero attached hydrogens (tertiary/aromatic N) is 5. The van der Waals surface area contributed by atoms with Gasteiger partial charge in [-0.2, -0.15) is 10.1 Å². The van der Waals surface area contributed by atoms with Crippen molar-refractivity contribution in [1.29, 1.82) is 0 Å². The standard InChI is InChI=1S/C25H34N6O2/c1-5-11-20(25(6-2,7-3)23(32)33)12-10-13-26-24-28-21(19-17-27-30(4)18-19)16-22(29-24)31-14-8-9-15-31/h5,10-12,16-18H,1,6-9,13-15H2,2-4H3,(H,32,33)(H,26,28,29). The highest BCUT2D eigenvalue weighted by molar-refractivity contribution is 5.79. The van der Waals surface area contributed by atoms with Crippen LogP contribution in [-0.4, -0.2) is 50.5 Å². The first-order valence-corrected chi connectivity index (χ1v) is 11.5. The number of carboxylic acid groups (broad SMARTS) is 1. The molecular weight excluding hydrogens is 416 g/mol. The highest BCUT2D eigenvalue weighted by atomic mass is 16.4. The summed E-state index contributed by atoms with van der Waals surface area (Å²) in [6.45, 7) is 10.0. The number of carboxylic acids is 1. The fourth-order valence-corrected chi connectivity index (χ4v) is 4.24. The van der Waals surface area contributed by atoms with Crippen molar-refractivity contribution in [1.82, 2.24) is 19.7 Å². The monoisotopic (exact) mass is 450 g/mol. The molecule has 1 saturated heterocycles. The van der Waals surface area contributed by atoms with E-state index in [0.717, 1.165) is 48.6 Å². The number of anilines is 2. The van der Waals surface area contributed by atoms with Crippen LogP contribution in [0.4, 0.5) is 11.8 Å². The van der Waals surface area contributed by atoms with Gasteiger partial charge in [-0.3, -0.25) is 9.48 Å². The molecule has 2 aromatic rings. The first-order chi connectivity index (χ1) is 15.9. The molecule has 0 unspecified atom stereocenters. The van der Waals surface area contributed by atoms with Gasteiger partial charge in [0.25, 0.3) is 0 Å². The molecule has 2 N–H and O–H groups in total. The van der Waals surface area contributed by atoms with Crippen LogP contribution in [-0.2, 0) is 11.8 Å². The molecule has 33 heavy (non-hydrogen) atoms. The maximum absolute atomic E-state index is 12.0. The molecule has 0 radical (unpaired) electrons. The number of allylic oxidation sites excluding steroid dienone is 3. The molecule has 3 rings (SSSR count). The highest BCUT2D eigenvalue weighted by Gasteiger charge is 2.37. The third-order valence-corrected chi connectivity index (χ3v) is 6.29. The molecule has 176 valence electrons. The van der Waals surface area contributed by atoms with Gasteiger partial charge in [0.15, 0.2) is 0 Å². The van der Waals surface area contributed by atoms with Crippen LogP contribution >= 0.6 is 0 Å². The summed E-state index contributed by atoms with van der Waals surface area (Å²) in [4.78, 5) is 23.7. The molecule has 2 aromatic heterocycles. The summed E-state index contributed by atoms with van der Waals surface area (Å²) < 4.78 is 1.76. The van der Waals surface area contributed by atoms with Crippen LogP contribution in [0.2, 0.25) is 0 Å². The van der Waals surface area contributed by atoms with Crippen molar-refractivity contribution in [2.24, 2.45) is 12.5 Å². The van der Waals surface area contributed by atoms with Crippen molar-refractivity contribution in [3.63, 3.8) is 0 Å². The summed E-state index contributed by atoms with van der Waals surface area (Å²) in [6, 6.07) is 2.01. The molecule has 0 amide bonds. The minimum Gasteiger partial charge on any atom is -0.481 e. The Labute approximate surface area is 195 Å². The second kappa shape index (κ2) is 10.9. The zero-order valence-electron chi connectivity index (χ0n) is 19.8. The smallest absolute Gasteiger partial charge is 0.314 e. The fraction of sp³-hybridized carbons (Fsp3) is 0.440. The maximum Gasteiger partial charge on any atom is 0.314 e. The Bertz CT molecular complexity index is 1030. The highest BCUT2D eigenvalue weighted by Crippen LogP contribution is 2.36. The zero-order valence-corrected chi connectivity index (χ0v) is 19.8. The molecule has 0 spiro atoms. The van der Waals surface area contributed by atoms with Crippen molar-refractivity contribution < 1.29 is 9.90 Å². The summed E-state index contributed by atoms with van der Waals surface area (Å²) in [5, 5.41) is 17.4. The van der Waals surface area contributed by atoms with E-state index in [0.29, 0.717) is 25.3 Å². The van der Waals surface area contributed by atoms with Crippen molar-refractivity contribution in [2.75, 3.05) is 29.9 Å². The second-order valence-electron chi connectivity index (χ2n) is 8.27. The molecule has 0 atom stereocenters. The Morgan fingerprint density at radius 1 is 1.27 bits per heavy atom. The number of aromatic nitrogens is 4. The minimum absolute atomic E-state index is 0.466. The second-order valence-corrected chi connectivity index (χ2v) is 8.27. The Morgan fingerprint density at radius 3 is 2.58 bits per heavy atom. The number of nitrogens with one attached hydrogen (secondary N) is 1. The van der Waals surface area contributed by atoms with Gasteiger partial charge in [-0.15, -0.1) is 0 Å². The topological polar surface area (TPSA) is 96.2 Å². The number of hydrogen-bond donors (Lipinski definition) is 2. The van der Waals surface area contributed by atoms with Gasteiger partial charge in [0, 0.05) is 44.5 Å². The van der Waals surface area contributed by atoms with Crippen molar-refractivity contribution in [3.8, 4) is 11.3 Å². The van der Waals surface area contributed by atoms with E-state index in [9.17, 15) is 9.90 Å². The van der Waals surface area contributed by atoms with Crippen LogP contribution in [0.3, 0.4) is 0 Å². The Kier molecular flexibility index (Phi) is 8.03. The third-order valence-electron chi connectivity index (χ3n) is 6.29. The number of aryl methyl sites for hydroxylation is 1. The van der Waals surface area contributed by atoms with E-state index in [1.165, 1.54) is 0 Å². The first-order valence-electron chi connectivity index (χ1n) is 11.5. The Hall–Kier alpha value is -3.42. The summed E-state index contributed by atoms with van der Waals surface area (Å²) >= 11 is 0. The van der Waals surface area contributed by atoms with E-state index in [1.807, 2.05) is 45.3 Å². The molecule has 1 aliphatic rings. The number of hydrogen-bond acceptors (Lipinski definition) is 6. The molecule has 0 saturated carbocycles. The van der Waals surface area contributed by atoms with Gasteiger partial charge in [-0.25, -0.2) is 4.98 Å². The number of rotatable bonds is 11. The fourth-order valence-electron chi connectivity index (χ4n) is 4.24. The molecule has 1 fully saturated rings. The van der Waals surface area contributed by atoms with Crippen LogP contribution in [0.15, 0.2) is 54.9 Å². The van der Waals surface area contributed by atoms with E-state index in [1.54, 1.807) is 23.0 Å². The molecule has 0 aromatic carbocycles. The van der Waals surface area contributed by atoms with E-state index < -0.39 is 11.4 Å². The summed E-state index contributed by atoms with van der Waals surface area (Å²) in [6.07, 6.45) is 14.3. The quantitative estimate of drug-likeness (QED) is 0.488. The maximum atomic E-state index is 12.0. The van der Waals surface area contributed by atoms with Gasteiger partial charge in [0.2, 0.25) is 5.95 Å².